The molecule has 0 aromatic heterocycles. The molecular formula is C20H31ClN4O2S. The van der Waals surface area contributed by atoms with Gasteiger partial charge in [-0.2, -0.15) is 4.31 Å². The summed E-state index contributed by atoms with van der Waals surface area (Å²) in [6.45, 7) is 4.56. The van der Waals surface area contributed by atoms with Gasteiger partial charge in [0.05, 0.1) is 17.0 Å². The second-order valence-corrected chi connectivity index (χ2v) is 9.94. The van der Waals surface area contributed by atoms with E-state index in [9.17, 15) is 8.42 Å². The van der Waals surface area contributed by atoms with E-state index in [-0.39, 0.29) is 17.9 Å². The van der Waals surface area contributed by atoms with Crippen LogP contribution in [-0.4, -0.2) is 56.3 Å². The molecule has 2 N–H and O–H groups in total. The lowest BCUT2D eigenvalue weighted by Gasteiger charge is -2.45. The summed E-state index contributed by atoms with van der Waals surface area (Å²) >= 11 is 0. The van der Waals surface area contributed by atoms with Crippen LogP contribution in [0.2, 0.25) is 0 Å². The number of amidine groups is 1. The summed E-state index contributed by atoms with van der Waals surface area (Å²) in [6.07, 6.45) is 6.51. The van der Waals surface area contributed by atoms with Crippen molar-refractivity contribution in [2.45, 2.75) is 61.9 Å². The highest BCUT2D eigenvalue weighted by molar-refractivity contribution is 7.89. The maximum absolute atomic E-state index is 13.1. The van der Waals surface area contributed by atoms with Crippen molar-refractivity contribution in [3.05, 3.63) is 29.8 Å². The first kappa shape index (κ1) is 21.6. The van der Waals surface area contributed by atoms with Crippen molar-refractivity contribution < 1.29 is 8.42 Å². The predicted molar refractivity (Wildman–Crippen MR) is 115 cm³/mol. The number of aliphatic imine (C=N–C) groups is 1. The molecule has 0 amide bonds. The van der Waals surface area contributed by atoms with Crippen LogP contribution >= 0.6 is 12.4 Å². The molecule has 0 bridgehead atoms. The van der Waals surface area contributed by atoms with Gasteiger partial charge in [0, 0.05) is 25.7 Å². The zero-order valence-electron chi connectivity index (χ0n) is 16.5. The van der Waals surface area contributed by atoms with E-state index < -0.39 is 10.0 Å². The molecule has 1 spiro atoms. The summed E-state index contributed by atoms with van der Waals surface area (Å²) in [6, 6.07) is 7.77. The summed E-state index contributed by atoms with van der Waals surface area (Å²) < 4.78 is 27.8. The Morgan fingerprint density at radius 1 is 1.18 bits per heavy atom. The van der Waals surface area contributed by atoms with Gasteiger partial charge in [-0.3, -0.25) is 4.99 Å². The maximum Gasteiger partial charge on any atom is 0.243 e. The number of nitrogens with one attached hydrogen (secondary N) is 2. The van der Waals surface area contributed by atoms with E-state index in [0.717, 1.165) is 37.3 Å². The van der Waals surface area contributed by atoms with Crippen LogP contribution < -0.4 is 10.6 Å². The summed E-state index contributed by atoms with van der Waals surface area (Å²) in [4.78, 5) is 5.23. The molecule has 1 aliphatic carbocycles. The van der Waals surface area contributed by atoms with E-state index in [4.69, 9.17) is 4.99 Å². The molecule has 1 saturated carbocycles. The van der Waals surface area contributed by atoms with Crippen molar-refractivity contribution in [1.82, 2.24) is 14.9 Å². The minimum atomic E-state index is -3.44. The SMILES string of the molecule is Cc1ccccc1S(=O)(=O)N1CCC2(CC1)NCCN=C2NC1CCCC1.Cl. The first-order valence-corrected chi connectivity index (χ1v) is 11.6. The quantitative estimate of drug-likeness (QED) is 0.778. The van der Waals surface area contributed by atoms with Crippen LogP contribution in [0.1, 0.15) is 44.1 Å². The summed E-state index contributed by atoms with van der Waals surface area (Å²) in [7, 11) is -3.44. The van der Waals surface area contributed by atoms with Crippen molar-refractivity contribution in [3.63, 3.8) is 0 Å². The Kier molecular flexibility index (Phi) is 6.69. The first-order valence-electron chi connectivity index (χ1n) is 10.1. The predicted octanol–water partition coefficient (Wildman–Crippen LogP) is 2.47. The lowest BCUT2D eigenvalue weighted by molar-refractivity contribution is 0.240. The molecule has 0 unspecified atom stereocenters. The van der Waals surface area contributed by atoms with Gasteiger partial charge < -0.3 is 10.6 Å². The number of hydrogen-bond donors (Lipinski definition) is 2. The fourth-order valence-electron chi connectivity index (χ4n) is 4.65. The molecule has 1 aromatic rings. The molecule has 8 heteroatoms. The van der Waals surface area contributed by atoms with Crippen LogP contribution in [-0.2, 0) is 10.0 Å². The number of sulfonamides is 1. The lowest BCUT2D eigenvalue weighted by Crippen LogP contribution is -2.65. The number of nitrogens with zero attached hydrogens (tertiary/aromatic N) is 2. The summed E-state index contributed by atoms with van der Waals surface area (Å²) in [5.74, 6) is 1.06. The molecule has 2 aliphatic heterocycles. The minimum absolute atomic E-state index is 0. The van der Waals surface area contributed by atoms with Gasteiger partial charge in [-0.15, -0.1) is 12.4 Å². The smallest absolute Gasteiger partial charge is 0.243 e. The molecule has 6 nitrogen and oxygen atoms in total. The Balaban J connectivity index is 0.00000225. The van der Waals surface area contributed by atoms with Gasteiger partial charge in [-0.05, 0) is 44.2 Å². The Hall–Kier alpha value is -1.15. The highest BCUT2D eigenvalue weighted by Gasteiger charge is 2.43. The number of piperidine rings is 1. The first-order chi connectivity index (χ1) is 13.0. The van der Waals surface area contributed by atoms with E-state index >= 15 is 0 Å². The van der Waals surface area contributed by atoms with Gasteiger partial charge in [0.1, 0.15) is 5.84 Å². The topological polar surface area (TPSA) is 73.8 Å². The van der Waals surface area contributed by atoms with E-state index in [1.807, 2.05) is 19.1 Å². The molecule has 1 aromatic carbocycles. The molecule has 3 aliphatic rings. The molecule has 4 rings (SSSR count). The van der Waals surface area contributed by atoms with Crippen molar-refractivity contribution in [3.8, 4) is 0 Å². The number of halogens is 1. The van der Waals surface area contributed by atoms with Gasteiger partial charge in [-0.25, -0.2) is 8.42 Å². The Labute approximate surface area is 174 Å². The van der Waals surface area contributed by atoms with Gasteiger partial charge >= 0.3 is 0 Å². The van der Waals surface area contributed by atoms with Crippen LogP contribution in [0.4, 0.5) is 0 Å². The Bertz CT molecular complexity index is 813. The van der Waals surface area contributed by atoms with Crippen molar-refractivity contribution >= 4 is 28.3 Å². The number of benzene rings is 1. The van der Waals surface area contributed by atoms with E-state index in [0.29, 0.717) is 24.0 Å². The fraction of sp³-hybridized carbons (Fsp3) is 0.650. The minimum Gasteiger partial charge on any atom is -0.370 e. The largest absolute Gasteiger partial charge is 0.370 e. The molecule has 156 valence electrons. The standard InChI is InChI=1S/C20H30N4O2S.ClH/c1-16-6-2-5-9-18(16)27(25,26)24-14-10-20(11-15-24)19(21-12-13-22-20)23-17-7-3-4-8-17;/h2,5-6,9,17,22H,3-4,7-8,10-15H2,1H3,(H,21,23);1H. The average Bonchev–Trinajstić information content (AvgIpc) is 3.18. The summed E-state index contributed by atoms with van der Waals surface area (Å²) in [5, 5.41) is 7.36. The van der Waals surface area contributed by atoms with E-state index in [1.165, 1.54) is 25.7 Å². The normalized spacial score (nSPS) is 23.2. The average molecular weight is 427 g/mol. The third-order valence-electron chi connectivity index (χ3n) is 6.28. The number of aryl methyl sites for hydroxylation is 1. The highest BCUT2D eigenvalue weighted by atomic mass is 35.5. The second kappa shape index (κ2) is 8.69. The zero-order valence-corrected chi connectivity index (χ0v) is 18.1. The molecule has 0 atom stereocenters. The second-order valence-electron chi connectivity index (χ2n) is 8.03. The van der Waals surface area contributed by atoms with Crippen molar-refractivity contribution in [2.75, 3.05) is 26.2 Å². The monoisotopic (exact) mass is 426 g/mol. The van der Waals surface area contributed by atoms with E-state index in [2.05, 4.69) is 10.6 Å². The fourth-order valence-corrected chi connectivity index (χ4v) is 6.32. The molecule has 2 heterocycles. The zero-order chi connectivity index (χ0) is 18.9. The molecule has 0 radical (unpaired) electrons. The van der Waals surface area contributed by atoms with Crippen LogP contribution in [0.3, 0.4) is 0 Å². The molecule has 1 saturated heterocycles. The van der Waals surface area contributed by atoms with Crippen molar-refractivity contribution in [1.29, 1.82) is 0 Å². The van der Waals surface area contributed by atoms with Crippen LogP contribution in [0.15, 0.2) is 34.2 Å². The highest BCUT2D eigenvalue weighted by Crippen LogP contribution is 2.30. The van der Waals surface area contributed by atoms with Crippen molar-refractivity contribution in [2.24, 2.45) is 4.99 Å². The van der Waals surface area contributed by atoms with Gasteiger partial charge in [0.15, 0.2) is 0 Å². The van der Waals surface area contributed by atoms with Crippen LogP contribution in [0, 0.1) is 6.92 Å². The summed E-state index contributed by atoms with van der Waals surface area (Å²) in [5.41, 5.74) is 0.609. The molecular weight excluding hydrogens is 396 g/mol. The van der Waals surface area contributed by atoms with E-state index in [1.54, 1.807) is 16.4 Å². The third-order valence-corrected chi connectivity index (χ3v) is 8.34. The lowest BCUT2D eigenvalue weighted by atomic mass is 9.85. The maximum atomic E-state index is 13.1. The Morgan fingerprint density at radius 2 is 1.86 bits per heavy atom. The van der Waals surface area contributed by atoms with Gasteiger partial charge in [0.25, 0.3) is 0 Å². The number of rotatable bonds is 3. The Morgan fingerprint density at radius 3 is 2.54 bits per heavy atom. The molecule has 2 fully saturated rings. The third kappa shape index (κ3) is 4.08. The van der Waals surface area contributed by atoms with Gasteiger partial charge in [0.2, 0.25) is 10.0 Å². The van der Waals surface area contributed by atoms with Gasteiger partial charge in [-0.1, -0.05) is 31.0 Å². The molecule has 28 heavy (non-hydrogen) atoms. The number of hydrogen-bond acceptors (Lipinski definition) is 5. The van der Waals surface area contributed by atoms with Crippen LogP contribution in [0.25, 0.3) is 0 Å². The van der Waals surface area contributed by atoms with Crippen LogP contribution in [0.5, 0.6) is 0 Å².